The second-order valence-electron chi connectivity index (χ2n) is 10.1. The lowest BCUT2D eigenvalue weighted by atomic mass is 9.82. The smallest absolute Gasteiger partial charge is 0.418 e. The van der Waals surface area contributed by atoms with Gasteiger partial charge in [0.1, 0.15) is 16.4 Å². The van der Waals surface area contributed by atoms with Crippen molar-refractivity contribution in [2.45, 2.75) is 56.0 Å². The van der Waals surface area contributed by atoms with Crippen molar-refractivity contribution in [3.05, 3.63) is 76.9 Å². The molecule has 0 aliphatic rings. The molecule has 2 amide bonds. The van der Waals surface area contributed by atoms with E-state index in [4.69, 9.17) is 4.74 Å². The van der Waals surface area contributed by atoms with E-state index in [9.17, 15) is 57.3 Å². The van der Waals surface area contributed by atoms with Gasteiger partial charge in [-0.05, 0) is 59.9 Å². The van der Waals surface area contributed by atoms with Crippen molar-refractivity contribution < 1.29 is 62.0 Å². The van der Waals surface area contributed by atoms with Crippen LogP contribution in [0.2, 0.25) is 0 Å². The fraction of sp³-hybridized carbons (Fsp3) is 0.296. The molecule has 7 nitrogen and oxygen atoms in total. The predicted molar refractivity (Wildman–Crippen MR) is 140 cm³/mol. The molecule has 0 saturated heterocycles. The lowest BCUT2D eigenvalue weighted by Crippen LogP contribution is -2.23. The molecule has 0 fully saturated rings. The van der Waals surface area contributed by atoms with Crippen molar-refractivity contribution >= 4 is 27.5 Å². The van der Waals surface area contributed by atoms with Crippen molar-refractivity contribution in [3.8, 4) is 11.5 Å². The molecule has 3 N–H and O–H groups in total. The zero-order valence-corrected chi connectivity index (χ0v) is 23.6. The highest BCUT2D eigenvalue weighted by Gasteiger charge is 2.38. The molecule has 3 rings (SSSR count). The number of ether oxygens (including phenoxy) is 1. The second kappa shape index (κ2) is 11.8. The van der Waals surface area contributed by atoms with E-state index in [0.29, 0.717) is 24.1 Å². The minimum atomic E-state index is -5.26. The number of halogens is 9. The van der Waals surface area contributed by atoms with Crippen molar-refractivity contribution in [2.75, 3.05) is 10.6 Å². The maximum atomic E-state index is 13.7. The summed E-state index contributed by atoms with van der Waals surface area (Å²) < 4.78 is 159. The molecule has 0 atom stereocenters. The molecular weight excluding hydrogens is 635 g/mol. The average Bonchev–Trinajstić information content (AvgIpc) is 2.86. The van der Waals surface area contributed by atoms with Crippen LogP contribution in [0.25, 0.3) is 0 Å². The third-order valence-corrected chi connectivity index (χ3v) is 7.38. The van der Waals surface area contributed by atoms with Gasteiger partial charge in [0.15, 0.2) is 0 Å². The van der Waals surface area contributed by atoms with Gasteiger partial charge in [-0.1, -0.05) is 26.8 Å². The third kappa shape index (κ3) is 8.34. The molecule has 0 spiro atoms. The van der Waals surface area contributed by atoms with E-state index < -0.39 is 84.6 Å². The van der Waals surface area contributed by atoms with Crippen LogP contribution < -0.4 is 15.4 Å². The van der Waals surface area contributed by atoms with E-state index in [1.807, 2.05) is 6.92 Å². The molecule has 0 aliphatic heterocycles. The molecule has 0 saturated carbocycles. The number of alkyl halides is 9. The minimum absolute atomic E-state index is 0.152. The number of urea groups is 1. The molecule has 0 bridgehead atoms. The van der Waals surface area contributed by atoms with Gasteiger partial charge in [0.05, 0.1) is 22.4 Å². The normalized spacial score (nSPS) is 13.0. The number of hydrogen-bond acceptors (Lipinski definition) is 4. The van der Waals surface area contributed by atoms with Gasteiger partial charge >= 0.3 is 24.6 Å². The zero-order valence-electron chi connectivity index (χ0n) is 22.8. The Hall–Kier alpha value is -3.99. The van der Waals surface area contributed by atoms with Crippen LogP contribution in [0.15, 0.2) is 59.5 Å². The standard InChI is InChI=1S/C27H23F9N2O5S/c1-4-24(2,3)14-5-8-21(22(12-14)44(40,41)42)43-18-6-7-19(27(34,35)36)20(13-18)38-23(39)37-17-10-15(25(28,29)30)9-16(11-17)26(31,32)33/h5-13H,4H2,1-3H3,(H2,37,38,39)(H,40,41,42). The molecule has 44 heavy (non-hydrogen) atoms. The van der Waals surface area contributed by atoms with Crippen LogP contribution in [0.5, 0.6) is 11.5 Å². The molecular formula is C27H23F9N2O5S. The molecule has 3 aromatic carbocycles. The van der Waals surface area contributed by atoms with Crippen molar-refractivity contribution in [1.29, 1.82) is 0 Å². The Kier molecular flexibility index (Phi) is 9.28. The first kappa shape index (κ1) is 34.5. The van der Waals surface area contributed by atoms with E-state index in [1.54, 1.807) is 24.5 Å². The summed E-state index contributed by atoms with van der Waals surface area (Å²) in [5, 5.41) is 3.36. The summed E-state index contributed by atoms with van der Waals surface area (Å²) in [6.07, 6.45) is -15.1. The molecule has 0 aliphatic carbocycles. The number of benzene rings is 3. The summed E-state index contributed by atoms with van der Waals surface area (Å²) >= 11 is 0. The largest absolute Gasteiger partial charge is 0.456 e. The van der Waals surface area contributed by atoms with Crippen LogP contribution >= 0.6 is 0 Å². The SMILES string of the molecule is CCC(C)(C)c1ccc(Oc2ccc(C(F)(F)F)c(NC(=O)Nc3cc(C(F)(F)F)cc(C(F)(F)F)c3)c2)c(S(=O)(=O)O)c1. The molecule has 0 radical (unpaired) electrons. The third-order valence-electron chi connectivity index (χ3n) is 6.50. The van der Waals surface area contributed by atoms with Crippen LogP contribution in [0.1, 0.15) is 49.4 Å². The number of anilines is 2. The number of carbonyl (C=O) groups is 1. The van der Waals surface area contributed by atoms with Gasteiger partial charge in [0, 0.05) is 11.8 Å². The maximum Gasteiger partial charge on any atom is 0.418 e. The van der Waals surface area contributed by atoms with Crippen molar-refractivity contribution in [1.82, 2.24) is 0 Å². The van der Waals surface area contributed by atoms with Crippen molar-refractivity contribution in [3.63, 3.8) is 0 Å². The Labute approximate surface area is 244 Å². The lowest BCUT2D eigenvalue weighted by molar-refractivity contribution is -0.143. The Morgan fingerprint density at radius 3 is 1.82 bits per heavy atom. The molecule has 0 unspecified atom stereocenters. The second-order valence-corrected chi connectivity index (χ2v) is 11.4. The summed E-state index contributed by atoms with van der Waals surface area (Å²) in [5.74, 6) is -0.985. The Balaban J connectivity index is 2.01. The maximum absolute atomic E-state index is 13.7. The number of nitrogens with one attached hydrogen (secondary N) is 2. The fourth-order valence-electron chi connectivity index (χ4n) is 3.80. The van der Waals surface area contributed by atoms with Gasteiger partial charge in [-0.3, -0.25) is 4.55 Å². The minimum Gasteiger partial charge on any atom is -0.456 e. The van der Waals surface area contributed by atoms with Gasteiger partial charge in [0.25, 0.3) is 10.1 Å². The van der Waals surface area contributed by atoms with E-state index in [0.717, 1.165) is 18.2 Å². The van der Waals surface area contributed by atoms with E-state index in [-0.39, 0.29) is 18.2 Å². The molecule has 240 valence electrons. The van der Waals surface area contributed by atoms with Gasteiger partial charge in [-0.15, -0.1) is 0 Å². The summed E-state index contributed by atoms with van der Waals surface area (Å²) in [5.41, 5.74) is -7.19. The van der Waals surface area contributed by atoms with Crippen LogP contribution in [0, 0.1) is 0 Å². The lowest BCUT2D eigenvalue weighted by Gasteiger charge is -2.24. The van der Waals surface area contributed by atoms with Gasteiger partial charge in [-0.2, -0.15) is 47.9 Å². The van der Waals surface area contributed by atoms with Gasteiger partial charge in [0.2, 0.25) is 0 Å². The topological polar surface area (TPSA) is 105 Å². The van der Waals surface area contributed by atoms with Crippen LogP contribution in [0.3, 0.4) is 0 Å². The first-order chi connectivity index (χ1) is 19.9. The molecule has 17 heteroatoms. The summed E-state index contributed by atoms with van der Waals surface area (Å²) in [6, 6.07) is 3.96. The van der Waals surface area contributed by atoms with Crippen molar-refractivity contribution in [2.24, 2.45) is 0 Å². The highest BCUT2D eigenvalue weighted by Crippen LogP contribution is 2.41. The van der Waals surface area contributed by atoms with E-state index in [1.165, 1.54) is 6.07 Å². The van der Waals surface area contributed by atoms with E-state index >= 15 is 0 Å². The molecule has 0 heterocycles. The summed E-state index contributed by atoms with van der Waals surface area (Å²) in [4.78, 5) is 11.8. The van der Waals surface area contributed by atoms with E-state index in [2.05, 4.69) is 0 Å². The van der Waals surface area contributed by atoms with Gasteiger partial charge in [-0.25, -0.2) is 4.79 Å². The average molecular weight is 659 g/mol. The van der Waals surface area contributed by atoms with Crippen LogP contribution in [-0.2, 0) is 34.1 Å². The number of rotatable bonds is 7. The summed E-state index contributed by atoms with van der Waals surface area (Å²) in [7, 11) is -4.91. The zero-order chi connectivity index (χ0) is 33.5. The first-order valence-electron chi connectivity index (χ1n) is 12.3. The Morgan fingerprint density at radius 1 is 0.773 bits per heavy atom. The molecule has 0 aromatic heterocycles. The fourth-order valence-corrected chi connectivity index (χ4v) is 4.44. The van der Waals surface area contributed by atoms with Crippen LogP contribution in [0.4, 0.5) is 55.7 Å². The number of amides is 2. The quantitative estimate of drug-likeness (QED) is 0.174. The monoisotopic (exact) mass is 658 g/mol. The Bertz CT molecular complexity index is 1630. The highest BCUT2D eigenvalue weighted by atomic mass is 32.2. The number of hydrogen-bond donors (Lipinski definition) is 3. The number of carbonyl (C=O) groups excluding carboxylic acids is 1. The first-order valence-corrected chi connectivity index (χ1v) is 13.7. The predicted octanol–water partition coefficient (Wildman–Crippen LogP) is 9.11. The highest BCUT2D eigenvalue weighted by molar-refractivity contribution is 7.86. The molecule has 3 aromatic rings. The van der Waals surface area contributed by atoms with Gasteiger partial charge < -0.3 is 15.4 Å². The van der Waals surface area contributed by atoms with Crippen LogP contribution in [-0.4, -0.2) is 19.0 Å². The summed E-state index contributed by atoms with van der Waals surface area (Å²) in [6.45, 7) is 5.41. The Morgan fingerprint density at radius 2 is 1.34 bits per heavy atom.